The number of benzene rings is 1. The summed E-state index contributed by atoms with van der Waals surface area (Å²) in [4.78, 5) is 15.5. The summed E-state index contributed by atoms with van der Waals surface area (Å²) in [6.45, 7) is 14.7. The molecule has 1 fully saturated rings. The van der Waals surface area contributed by atoms with Gasteiger partial charge in [-0.2, -0.15) is 0 Å². The van der Waals surface area contributed by atoms with Gasteiger partial charge in [-0.15, -0.1) is 0 Å². The number of ether oxygens (including phenoxy) is 3. The van der Waals surface area contributed by atoms with Crippen molar-refractivity contribution >= 4 is 14.3 Å². The highest BCUT2D eigenvalue weighted by Crippen LogP contribution is 2.47. The van der Waals surface area contributed by atoms with Crippen LogP contribution >= 0.6 is 0 Å². The third-order valence-corrected chi connectivity index (χ3v) is 12.1. The van der Waals surface area contributed by atoms with Gasteiger partial charge in [-0.05, 0) is 68.6 Å². The predicted molar refractivity (Wildman–Crippen MR) is 127 cm³/mol. The van der Waals surface area contributed by atoms with Crippen LogP contribution in [0, 0.1) is 0 Å². The van der Waals surface area contributed by atoms with E-state index in [2.05, 4.69) is 37.8 Å². The molecule has 1 saturated heterocycles. The van der Waals surface area contributed by atoms with Gasteiger partial charge in [0.1, 0.15) is 5.60 Å². The van der Waals surface area contributed by atoms with E-state index in [4.69, 9.17) is 18.6 Å². The molecule has 7 heteroatoms. The van der Waals surface area contributed by atoms with Crippen LogP contribution in [-0.4, -0.2) is 50.3 Å². The lowest BCUT2D eigenvalue weighted by atomic mass is 9.80. The summed E-state index contributed by atoms with van der Waals surface area (Å²) in [5.74, 6) is 1.46. The van der Waals surface area contributed by atoms with E-state index in [1.54, 1.807) is 0 Å². The summed E-state index contributed by atoms with van der Waals surface area (Å²) in [5.41, 5.74) is 1.92. The van der Waals surface area contributed by atoms with Crippen LogP contribution in [0.3, 0.4) is 0 Å². The van der Waals surface area contributed by atoms with Crippen molar-refractivity contribution in [3.63, 3.8) is 0 Å². The fourth-order valence-corrected chi connectivity index (χ4v) is 8.57. The molecule has 0 aliphatic carbocycles. The van der Waals surface area contributed by atoms with Crippen molar-refractivity contribution in [2.45, 2.75) is 103 Å². The van der Waals surface area contributed by atoms with Gasteiger partial charge >= 0.3 is 5.97 Å². The lowest BCUT2D eigenvalue weighted by Gasteiger charge is -2.43. The zero-order valence-electron chi connectivity index (χ0n) is 20.5. The zero-order chi connectivity index (χ0) is 23.1. The highest BCUT2D eigenvalue weighted by Gasteiger charge is 2.48. The van der Waals surface area contributed by atoms with Crippen LogP contribution in [0.1, 0.15) is 71.4 Å². The minimum Gasteiger partial charge on any atom is -0.460 e. The number of hydrogen-bond acceptors (Lipinski definition) is 6. The van der Waals surface area contributed by atoms with E-state index in [-0.39, 0.29) is 30.8 Å². The average molecular weight is 462 g/mol. The Morgan fingerprint density at radius 1 is 1.12 bits per heavy atom. The number of rotatable bonds is 7. The van der Waals surface area contributed by atoms with Crippen LogP contribution in [-0.2, 0) is 20.5 Å². The number of carbonyl (C=O) groups excluding carboxylic acids is 1. The summed E-state index contributed by atoms with van der Waals surface area (Å²) in [6.07, 6.45) is 1.53. The molecule has 6 nitrogen and oxygen atoms in total. The van der Waals surface area contributed by atoms with E-state index < -0.39 is 13.9 Å². The Kier molecular flexibility index (Phi) is 6.63. The maximum absolute atomic E-state index is 13.0. The molecule has 0 radical (unpaired) electrons. The van der Waals surface area contributed by atoms with E-state index >= 15 is 0 Å². The molecule has 178 valence electrons. The first-order valence-corrected chi connectivity index (χ1v) is 14.8. The molecule has 0 aromatic heterocycles. The fraction of sp³-hybridized carbons (Fsp3) is 0.720. The lowest BCUT2D eigenvalue weighted by Crippen LogP contribution is -2.49. The summed E-state index contributed by atoms with van der Waals surface area (Å²) < 4.78 is 24.1. The van der Waals surface area contributed by atoms with Crippen LogP contribution in [0.2, 0.25) is 18.1 Å². The van der Waals surface area contributed by atoms with Crippen LogP contribution in [0.15, 0.2) is 12.1 Å². The second kappa shape index (κ2) is 8.99. The number of nitrogens with zero attached hydrogens (tertiary/aromatic N) is 1. The van der Waals surface area contributed by atoms with Gasteiger partial charge in [-0.25, -0.2) is 0 Å². The van der Waals surface area contributed by atoms with Crippen molar-refractivity contribution < 1.29 is 23.4 Å². The summed E-state index contributed by atoms with van der Waals surface area (Å²) in [6, 6.07) is 7.79. The molecule has 3 aliphatic heterocycles. The smallest absolute Gasteiger partial charge is 0.306 e. The van der Waals surface area contributed by atoms with Gasteiger partial charge in [-0.3, -0.25) is 9.69 Å². The third-order valence-electron chi connectivity index (χ3n) is 7.46. The normalized spacial score (nSPS) is 24.9. The van der Waals surface area contributed by atoms with Gasteiger partial charge in [-0.1, -0.05) is 20.8 Å². The highest BCUT2D eigenvalue weighted by atomic mass is 28.4. The molecule has 0 spiro atoms. The van der Waals surface area contributed by atoms with Crippen molar-refractivity contribution in [3.05, 3.63) is 23.3 Å². The first kappa shape index (κ1) is 23.6. The van der Waals surface area contributed by atoms with E-state index in [0.717, 1.165) is 49.1 Å². The molecule has 4 rings (SSSR count). The zero-order valence-corrected chi connectivity index (χ0v) is 21.5. The Bertz CT molecular complexity index is 839. The van der Waals surface area contributed by atoms with Crippen molar-refractivity contribution in [1.82, 2.24) is 4.90 Å². The maximum atomic E-state index is 13.0. The SMILES string of the molecule is CC[Si](CC)(CC)O[C@H]1CCN2Cc3cc4c(cc3[C@@H](CC(=O)OC(C)(C)C)[C@@H]12)OCO4. The van der Waals surface area contributed by atoms with Crippen molar-refractivity contribution in [2.24, 2.45) is 0 Å². The second-order valence-electron chi connectivity index (χ2n) is 10.5. The average Bonchev–Trinajstić information content (AvgIpc) is 3.35. The van der Waals surface area contributed by atoms with Gasteiger partial charge in [0, 0.05) is 25.0 Å². The molecular weight excluding hydrogens is 422 g/mol. The highest BCUT2D eigenvalue weighted by molar-refractivity contribution is 6.73. The standard InChI is InChI=1S/C25H39NO5Si/c1-7-32(8-2,9-3)31-20-10-11-26-15-17-12-21-22(29-16-28-21)13-18(17)19(24(20)26)14-23(27)30-25(4,5)6/h12-13,19-20,24H,7-11,14-16H2,1-6H3/t19-,20+,24+/m1/s1. The molecule has 32 heavy (non-hydrogen) atoms. The van der Waals surface area contributed by atoms with Gasteiger partial charge < -0.3 is 18.6 Å². The number of hydrogen-bond donors (Lipinski definition) is 0. The molecule has 0 bridgehead atoms. The Balaban J connectivity index is 1.68. The topological polar surface area (TPSA) is 57.2 Å². The van der Waals surface area contributed by atoms with Gasteiger partial charge in [0.2, 0.25) is 6.79 Å². The molecule has 1 aromatic carbocycles. The summed E-state index contributed by atoms with van der Waals surface area (Å²) >= 11 is 0. The van der Waals surface area contributed by atoms with Crippen molar-refractivity contribution in [2.75, 3.05) is 13.3 Å². The molecule has 3 heterocycles. The number of esters is 1. The van der Waals surface area contributed by atoms with E-state index in [1.165, 1.54) is 11.1 Å². The Morgan fingerprint density at radius 3 is 2.41 bits per heavy atom. The van der Waals surface area contributed by atoms with Gasteiger partial charge in [0.05, 0.1) is 12.5 Å². The van der Waals surface area contributed by atoms with Crippen LogP contribution < -0.4 is 9.47 Å². The molecule has 1 aromatic rings. The van der Waals surface area contributed by atoms with Crippen molar-refractivity contribution in [3.8, 4) is 11.5 Å². The van der Waals surface area contributed by atoms with Crippen molar-refractivity contribution in [1.29, 1.82) is 0 Å². The number of fused-ring (bicyclic) bond motifs is 3. The third kappa shape index (κ3) is 4.57. The molecule has 0 amide bonds. The predicted octanol–water partition coefficient (Wildman–Crippen LogP) is 5.21. The molecule has 0 unspecified atom stereocenters. The van der Waals surface area contributed by atoms with Gasteiger partial charge in [0.15, 0.2) is 19.8 Å². The first-order chi connectivity index (χ1) is 15.2. The van der Waals surface area contributed by atoms with Crippen LogP contribution in [0.5, 0.6) is 11.5 Å². The van der Waals surface area contributed by atoms with Gasteiger partial charge in [0.25, 0.3) is 0 Å². The molecule has 3 atom stereocenters. The minimum absolute atomic E-state index is 0.0212. The monoisotopic (exact) mass is 461 g/mol. The minimum atomic E-state index is -1.76. The maximum Gasteiger partial charge on any atom is 0.306 e. The van der Waals surface area contributed by atoms with E-state index in [0.29, 0.717) is 6.42 Å². The second-order valence-corrected chi connectivity index (χ2v) is 15.2. The molecule has 0 saturated carbocycles. The largest absolute Gasteiger partial charge is 0.460 e. The Hall–Kier alpha value is -1.57. The quantitative estimate of drug-likeness (QED) is 0.410. The Morgan fingerprint density at radius 2 is 1.78 bits per heavy atom. The molecular formula is C25H39NO5Si. The number of carbonyl (C=O) groups is 1. The van der Waals surface area contributed by atoms with E-state index in [1.807, 2.05) is 20.8 Å². The molecule has 3 aliphatic rings. The fourth-order valence-electron chi connectivity index (χ4n) is 5.67. The van der Waals surface area contributed by atoms with Crippen LogP contribution in [0.25, 0.3) is 0 Å². The summed E-state index contributed by atoms with van der Waals surface area (Å²) in [5, 5.41) is 0. The molecule has 0 N–H and O–H groups in total. The Labute approximate surface area is 193 Å². The van der Waals surface area contributed by atoms with Crippen LogP contribution in [0.4, 0.5) is 0 Å². The van der Waals surface area contributed by atoms with E-state index in [9.17, 15) is 4.79 Å². The first-order valence-electron chi connectivity index (χ1n) is 12.2. The lowest BCUT2D eigenvalue weighted by molar-refractivity contribution is -0.155. The summed E-state index contributed by atoms with van der Waals surface area (Å²) in [7, 11) is -1.76.